The largest absolute Gasteiger partial charge is 0.497 e. The summed E-state index contributed by atoms with van der Waals surface area (Å²) >= 11 is 0. The van der Waals surface area contributed by atoms with Gasteiger partial charge < -0.3 is 9.47 Å². The lowest BCUT2D eigenvalue weighted by molar-refractivity contribution is 0.0596. The van der Waals surface area contributed by atoms with Crippen LogP contribution in [-0.2, 0) is 0 Å². The van der Waals surface area contributed by atoms with Crippen LogP contribution in [0.1, 0.15) is 27.1 Å². The number of benzene rings is 2. The molecule has 0 bridgehead atoms. The minimum Gasteiger partial charge on any atom is -0.497 e. The predicted octanol–water partition coefficient (Wildman–Crippen LogP) is 3.16. The normalized spacial score (nSPS) is 14.1. The van der Waals surface area contributed by atoms with Gasteiger partial charge in [-0.2, -0.15) is 0 Å². The zero-order valence-corrected chi connectivity index (χ0v) is 15.5. The van der Waals surface area contributed by atoms with Gasteiger partial charge in [-0.15, -0.1) is 0 Å². The van der Waals surface area contributed by atoms with Crippen molar-refractivity contribution in [2.75, 3.05) is 27.3 Å². The third-order valence-electron chi connectivity index (χ3n) is 4.55. The van der Waals surface area contributed by atoms with Crippen LogP contribution in [0.15, 0.2) is 60.9 Å². The van der Waals surface area contributed by atoms with Crippen LogP contribution in [0.25, 0.3) is 0 Å². The number of carbonyl (C=O) groups excluding carboxylic acids is 2. The van der Waals surface area contributed by atoms with E-state index >= 15 is 0 Å². The van der Waals surface area contributed by atoms with Crippen molar-refractivity contribution in [3.8, 4) is 11.5 Å². The zero-order valence-electron chi connectivity index (χ0n) is 15.5. The number of hydrogen-bond donors (Lipinski definition) is 0. The van der Waals surface area contributed by atoms with E-state index < -0.39 is 0 Å². The Bertz CT molecular complexity index is 774. The Balaban J connectivity index is 1.77. The molecule has 3 rings (SSSR count). The number of ether oxygens (including phenoxy) is 2. The number of methoxy groups -OCH3 is 2. The third kappa shape index (κ3) is 3.79. The van der Waals surface area contributed by atoms with Gasteiger partial charge >= 0.3 is 0 Å². The van der Waals surface area contributed by atoms with Gasteiger partial charge in [-0.3, -0.25) is 19.4 Å². The van der Waals surface area contributed by atoms with Crippen molar-refractivity contribution in [3.05, 3.63) is 72.1 Å². The minimum atomic E-state index is -0.185. The fourth-order valence-corrected chi connectivity index (χ4v) is 3.01. The van der Waals surface area contributed by atoms with Crippen LogP contribution in [-0.4, -0.2) is 48.9 Å². The Hall–Kier alpha value is -3.28. The van der Waals surface area contributed by atoms with Crippen LogP contribution in [0.5, 0.6) is 11.5 Å². The molecule has 140 valence electrons. The average Bonchev–Trinajstić information content (AvgIpc) is 2.73. The molecule has 6 heteroatoms. The highest BCUT2D eigenvalue weighted by molar-refractivity contribution is 5.98. The summed E-state index contributed by atoms with van der Waals surface area (Å²) in [7, 11) is 3.15. The average molecular weight is 366 g/mol. The van der Waals surface area contributed by atoms with Crippen LogP contribution < -0.4 is 9.47 Å². The summed E-state index contributed by atoms with van der Waals surface area (Å²) in [5.41, 5.74) is 1.05. The lowest BCUT2D eigenvalue weighted by atomic mass is 10.1. The SMILES string of the molecule is C=C1N(C(=O)c2ccc(OC)cc2)CCCN1C(=O)c1ccc(OC)cc1. The number of amides is 2. The molecular formula is C21H22N2O4. The summed E-state index contributed by atoms with van der Waals surface area (Å²) in [5, 5.41) is 0. The van der Waals surface area contributed by atoms with E-state index in [1.165, 1.54) is 0 Å². The fraction of sp³-hybridized carbons (Fsp3) is 0.238. The van der Waals surface area contributed by atoms with Crippen molar-refractivity contribution in [1.82, 2.24) is 9.80 Å². The first kappa shape index (κ1) is 18.5. The predicted molar refractivity (Wildman–Crippen MR) is 102 cm³/mol. The van der Waals surface area contributed by atoms with E-state index in [2.05, 4.69) is 6.58 Å². The van der Waals surface area contributed by atoms with Gasteiger partial charge in [0.2, 0.25) is 0 Å². The van der Waals surface area contributed by atoms with Gasteiger partial charge in [-0.05, 0) is 55.0 Å². The van der Waals surface area contributed by atoms with Gasteiger partial charge in [0.05, 0.1) is 14.2 Å². The molecule has 1 aliphatic heterocycles. The molecule has 0 unspecified atom stereocenters. The van der Waals surface area contributed by atoms with Crippen LogP contribution >= 0.6 is 0 Å². The van der Waals surface area contributed by atoms with Crippen LogP contribution in [0, 0.1) is 0 Å². The van der Waals surface area contributed by atoms with Crippen molar-refractivity contribution < 1.29 is 19.1 Å². The lowest BCUT2D eigenvalue weighted by Crippen LogP contribution is -2.47. The number of rotatable bonds is 4. The molecule has 0 saturated carbocycles. The Labute approximate surface area is 158 Å². The van der Waals surface area contributed by atoms with Crippen molar-refractivity contribution in [2.24, 2.45) is 0 Å². The van der Waals surface area contributed by atoms with E-state index in [0.717, 1.165) is 0 Å². The molecule has 0 atom stereocenters. The van der Waals surface area contributed by atoms with Gasteiger partial charge in [0.1, 0.15) is 17.3 Å². The molecule has 0 spiro atoms. The molecule has 6 nitrogen and oxygen atoms in total. The van der Waals surface area contributed by atoms with E-state index in [9.17, 15) is 9.59 Å². The molecule has 2 aromatic rings. The lowest BCUT2D eigenvalue weighted by Gasteiger charge is -2.37. The van der Waals surface area contributed by atoms with E-state index in [-0.39, 0.29) is 11.8 Å². The molecule has 0 aromatic heterocycles. The van der Waals surface area contributed by atoms with Crippen molar-refractivity contribution >= 4 is 11.8 Å². The number of carbonyl (C=O) groups is 2. The molecule has 1 aliphatic rings. The monoisotopic (exact) mass is 366 g/mol. The summed E-state index contributed by atoms with van der Waals surface area (Å²) < 4.78 is 10.3. The van der Waals surface area contributed by atoms with Gasteiger partial charge in [-0.25, -0.2) is 0 Å². The Morgan fingerprint density at radius 2 is 1.15 bits per heavy atom. The summed E-state index contributed by atoms with van der Waals surface area (Å²) in [5.74, 6) is 1.38. The molecule has 2 aromatic carbocycles. The molecule has 1 fully saturated rings. The zero-order chi connectivity index (χ0) is 19.4. The topological polar surface area (TPSA) is 59.1 Å². The smallest absolute Gasteiger partial charge is 0.259 e. The molecule has 1 saturated heterocycles. The Morgan fingerprint density at radius 1 is 0.778 bits per heavy atom. The van der Waals surface area contributed by atoms with E-state index in [4.69, 9.17) is 9.47 Å². The first-order valence-electron chi connectivity index (χ1n) is 8.66. The van der Waals surface area contributed by atoms with Crippen LogP contribution in [0.3, 0.4) is 0 Å². The molecule has 0 N–H and O–H groups in total. The van der Waals surface area contributed by atoms with Crippen molar-refractivity contribution in [1.29, 1.82) is 0 Å². The standard InChI is InChI=1S/C21H22N2O4/c1-15-22(20(24)16-5-9-18(26-2)10-6-16)13-4-14-23(15)21(25)17-7-11-19(27-3)12-8-17/h5-12H,1,4,13-14H2,2-3H3. The second-order valence-corrected chi connectivity index (χ2v) is 6.14. The first-order valence-corrected chi connectivity index (χ1v) is 8.66. The summed E-state index contributed by atoms with van der Waals surface area (Å²) in [4.78, 5) is 28.8. The van der Waals surface area contributed by atoms with Crippen molar-refractivity contribution in [2.45, 2.75) is 6.42 Å². The van der Waals surface area contributed by atoms with Gasteiger partial charge in [0, 0.05) is 24.2 Å². The van der Waals surface area contributed by atoms with Crippen molar-refractivity contribution in [3.63, 3.8) is 0 Å². The van der Waals surface area contributed by atoms with E-state index in [1.807, 2.05) is 0 Å². The summed E-state index contributed by atoms with van der Waals surface area (Å²) in [6.45, 7) is 5.05. The van der Waals surface area contributed by atoms with Gasteiger partial charge in [0.25, 0.3) is 11.8 Å². The van der Waals surface area contributed by atoms with Gasteiger partial charge in [-0.1, -0.05) is 6.58 Å². The fourth-order valence-electron chi connectivity index (χ4n) is 3.01. The molecule has 2 amide bonds. The number of nitrogens with zero attached hydrogens (tertiary/aromatic N) is 2. The maximum Gasteiger partial charge on any atom is 0.259 e. The van der Waals surface area contributed by atoms with Crippen LogP contribution in [0.4, 0.5) is 0 Å². The highest BCUT2D eigenvalue weighted by Gasteiger charge is 2.30. The second kappa shape index (κ2) is 7.95. The number of hydrogen-bond acceptors (Lipinski definition) is 4. The summed E-state index contributed by atoms with van der Waals surface area (Å²) in [6.07, 6.45) is 0.683. The maximum atomic E-state index is 12.9. The highest BCUT2D eigenvalue weighted by atomic mass is 16.5. The quantitative estimate of drug-likeness (QED) is 0.834. The van der Waals surface area contributed by atoms with E-state index in [1.54, 1.807) is 72.6 Å². The molecule has 0 radical (unpaired) electrons. The Morgan fingerprint density at radius 3 is 1.48 bits per heavy atom. The molecular weight excluding hydrogens is 344 g/mol. The first-order chi connectivity index (χ1) is 13.0. The summed E-state index contributed by atoms with van der Waals surface area (Å²) in [6, 6.07) is 13.8. The van der Waals surface area contributed by atoms with Crippen LogP contribution in [0.2, 0.25) is 0 Å². The maximum absolute atomic E-state index is 12.9. The second-order valence-electron chi connectivity index (χ2n) is 6.14. The third-order valence-corrected chi connectivity index (χ3v) is 4.55. The highest BCUT2D eigenvalue weighted by Crippen LogP contribution is 2.23. The molecule has 1 heterocycles. The minimum absolute atomic E-state index is 0.185. The van der Waals surface area contributed by atoms with Gasteiger partial charge in [0.15, 0.2) is 0 Å². The molecule has 0 aliphatic carbocycles. The van der Waals surface area contributed by atoms with E-state index in [0.29, 0.717) is 48.0 Å². The Kier molecular flexibility index (Phi) is 5.45. The molecule has 27 heavy (non-hydrogen) atoms.